The third kappa shape index (κ3) is 10.6. The highest BCUT2D eigenvalue weighted by Gasteiger charge is 2.14. The van der Waals surface area contributed by atoms with Crippen molar-refractivity contribution in [3.63, 3.8) is 0 Å². The van der Waals surface area contributed by atoms with Crippen LogP contribution in [0.25, 0.3) is 44.3 Å². The van der Waals surface area contributed by atoms with E-state index in [-0.39, 0.29) is 5.63 Å². The first-order valence-electron chi connectivity index (χ1n) is 19.2. The van der Waals surface area contributed by atoms with Crippen LogP contribution in [0.2, 0.25) is 0 Å². The molecule has 0 saturated carbocycles. The maximum atomic E-state index is 13.2. The maximum Gasteiger partial charge on any atom is 0.344 e. The van der Waals surface area contributed by atoms with Gasteiger partial charge in [-0.25, -0.2) is 4.79 Å². The SMILES string of the molecule is CCCCCCCCCCOc1ccc2c(C)c(-c3ccc(-c4ccc(-c5ccc(OCCCCCCCC)cc5)cc4)cc3)c(=O)oc2c1. The van der Waals surface area contributed by atoms with Gasteiger partial charge in [-0.1, -0.05) is 152 Å². The highest BCUT2D eigenvalue weighted by atomic mass is 16.5. The summed E-state index contributed by atoms with van der Waals surface area (Å²) in [5.74, 6) is 1.67. The van der Waals surface area contributed by atoms with Crippen LogP contribution in [0.1, 0.15) is 109 Å². The van der Waals surface area contributed by atoms with Crippen LogP contribution in [-0.2, 0) is 0 Å². The second-order valence-electron chi connectivity index (χ2n) is 13.7. The first-order valence-corrected chi connectivity index (χ1v) is 19.2. The summed E-state index contributed by atoms with van der Waals surface area (Å²) in [5, 5.41) is 0.927. The minimum absolute atomic E-state index is 0.328. The van der Waals surface area contributed by atoms with Gasteiger partial charge in [0.25, 0.3) is 0 Å². The lowest BCUT2D eigenvalue weighted by Crippen LogP contribution is -2.06. The van der Waals surface area contributed by atoms with Crippen molar-refractivity contribution >= 4 is 11.0 Å². The predicted molar refractivity (Wildman–Crippen MR) is 211 cm³/mol. The molecular weight excluding hydrogens is 617 g/mol. The number of ether oxygens (including phenoxy) is 2. The minimum Gasteiger partial charge on any atom is -0.494 e. The lowest BCUT2D eigenvalue weighted by Gasteiger charge is -2.11. The number of benzene rings is 4. The Morgan fingerprint density at radius 2 is 0.880 bits per heavy atom. The lowest BCUT2D eigenvalue weighted by atomic mass is 9.96. The van der Waals surface area contributed by atoms with Crippen molar-refractivity contribution in [3.05, 3.63) is 107 Å². The molecule has 5 aromatic rings. The molecule has 0 N–H and O–H groups in total. The summed E-state index contributed by atoms with van der Waals surface area (Å²) in [7, 11) is 0. The molecule has 0 aliphatic carbocycles. The number of hydrogen-bond acceptors (Lipinski definition) is 4. The summed E-state index contributed by atoms with van der Waals surface area (Å²) >= 11 is 0. The average Bonchev–Trinajstić information content (AvgIpc) is 3.14. The Balaban J connectivity index is 1.15. The Kier molecular flexibility index (Phi) is 14.6. The van der Waals surface area contributed by atoms with Crippen molar-refractivity contribution in [2.24, 2.45) is 0 Å². The zero-order chi connectivity index (χ0) is 35.0. The third-order valence-electron chi connectivity index (χ3n) is 9.75. The van der Waals surface area contributed by atoms with Crippen molar-refractivity contribution in [2.45, 2.75) is 111 Å². The minimum atomic E-state index is -0.328. The zero-order valence-electron chi connectivity index (χ0n) is 30.6. The quantitative estimate of drug-likeness (QED) is 0.0575. The molecule has 4 aromatic carbocycles. The van der Waals surface area contributed by atoms with Crippen LogP contribution in [0.15, 0.2) is 100 Å². The van der Waals surface area contributed by atoms with Gasteiger partial charge in [-0.3, -0.25) is 0 Å². The summed E-state index contributed by atoms with van der Waals surface area (Å²) in [4.78, 5) is 13.2. The van der Waals surface area contributed by atoms with Crippen molar-refractivity contribution in [2.75, 3.05) is 13.2 Å². The van der Waals surface area contributed by atoms with Crippen molar-refractivity contribution in [1.82, 2.24) is 0 Å². The smallest absolute Gasteiger partial charge is 0.344 e. The molecule has 1 aromatic heterocycles. The van der Waals surface area contributed by atoms with Gasteiger partial charge in [0.05, 0.1) is 18.8 Å². The summed E-state index contributed by atoms with van der Waals surface area (Å²) < 4.78 is 17.8. The van der Waals surface area contributed by atoms with E-state index >= 15 is 0 Å². The number of unbranched alkanes of at least 4 members (excludes halogenated alkanes) is 12. The topological polar surface area (TPSA) is 48.7 Å². The fourth-order valence-electron chi connectivity index (χ4n) is 6.69. The molecule has 5 rings (SSSR count). The maximum absolute atomic E-state index is 13.2. The molecule has 264 valence electrons. The van der Waals surface area contributed by atoms with Crippen LogP contribution < -0.4 is 15.1 Å². The Morgan fingerprint density at radius 1 is 0.480 bits per heavy atom. The van der Waals surface area contributed by atoms with E-state index in [1.807, 2.05) is 37.3 Å². The number of aryl methyl sites for hydroxylation is 1. The molecule has 0 atom stereocenters. The Morgan fingerprint density at radius 3 is 1.38 bits per heavy atom. The molecular formula is C46H56O4. The summed E-state index contributed by atoms with van der Waals surface area (Å²) in [6.07, 6.45) is 17.7. The van der Waals surface area contributed by atoms with Crippen molar-refractivity contribution in [3.8, 4) is 44.9 Å². The molecule has 0 radical (unpaired) electrons. The van der Waals surface area contributed by atoms with E-state index in [0.29, 0.717) is 17.8 Å². The van der Waals surface area contributed by atoms with Gasteiger partial charge in [-0.2, -0.15) is 0 Å². The fourth-order valence-corrected chi connectivity index (χ4v) is 6.69. The van der Waals surface area contributed by atoms with Crippen LogP contribution >= 0.6 is 0 Å². The molecule has 0 unspecified atom stereocenters. The van der Waals surface area contributed by atoms with Gasteiger partial charge in [0.15, 0.2) is 0 Å². The molecule has 1 heterocycles. The number of hydrogen-bond donors (Lipinski definition) is 0. The Bertz CT molecular complexity index is 1780. The van der Waals surface area contributed by atoms with Crippen LogP contribution in [-0.4, -0.2) is 13.2 Å². The number of fused-ring (bicyclic) bond motifs is 1. The second-order valence-corrected chi connectivity index (χ2v) is 13.7. The van der Waals surface area contributed by atoms with Gasteiger partial charge >= 0.3 is 5.63 Å². The number of rotatable bonds is 21. The highest BCUT2D eigenvalue weighted by molar-refractivity contribution is 5.87. The monoisotopic (exact) mass is 672 g/mol. The van der Waals surface area contributed by atoms with E-state index in [1.165, 1.54) is 88.2 Å². The Labute approximate surface area is 299 Å². The average molecular weight is 673 g/mol. The van der Waals surface area contributed by atoms with E-state index < -0.39 is 0 Å². The molecule has 0 amide bonds. The molecule has 0 spiro atoms. The van der Waals surface area contributed by atoms with E-state index in [4.69, 9.17) is 13.9 Å². The zero-order valence-corrected chi connectivity index (χ0v) is 30.6. The van der Waals surface area contributed by atoms with Gasteiger partial charge in [0, 0.05) is 11.5 Å². The molecule has 4 heteroatoms. The van der Waals surface area contributed by atoms with E-state index in [0.717, 1.165) is 58.6 Å². The third-order valence-corrected chi connectivity index (χ3v) is 9.75. The molecule has 0 aliphatic heterocycles. The lowest BCUT2D eigenvalue weighted by molar-refractivity contribution is 0.304. The van der Waals surface area contributed by atoms with E-state index in [2.05, 4.69) is 74.5 Å². The molecule has 50 heavy (non-hydrogen) atoms. The van der Waals surface area contributed by atoms with Gasteiger partial charge < -0.3 is 13.9 Å². The van der Waals surface area contributed by atoms with Crippen LogP contribution in [0.3, 0.4) is 0 Å². The molecule has 0 fully saturated rings. The van der Waals surface area contributed by atoms with Crippen molar-refractivity contribution in [1.29, 1.82) is 0 Å². The standard InChI is InChI=1S/C46H56O4/c1-4-6-8-10-12-13-15-17-33-49-42-30-31-43-35(3)45(46(47)50-44(43)34-42)40-24-22-38(23-25-40)36-18-20-37(21-19-36)39-26-28-41(29-27-39)48-32-16-14-11-9-7-5-2/h18-31,34H,4-17,32-33H2,1-3H3. The summed E-state index contributed by atoms with van der Waals surface area (Å²) in [6.45, 7) is 7.96. The first kappa shape index (κ1) is 37.0. The second kappa shape index (κ2) is 19.8. The first-order chi connectivity index (χ1) is 24.6. The van der Waals surface area contributed by atoms with Gasteiger partial charge in [-0.15, -0.1) is 0 Å². The van der Waals surface area contributed by atoms with Gasteiger partial charge in [0.2, 0.25) is 0 Å². The predicted octanol–water partition coefficient (Wildman–Crippen LogP) is 13.4. The van der Waals surface area contributed by atoms with Gasteiger partial charge in [-0.05, 0) is 77.4 Å². The normalized spacial score (nSPS) is 11.3. The fraction of sp³-hybridized carbons (Fsp3) is 0.413. The molecule has 0 aliphatic rings. The molecule has 0 saturated heterocycles. The van der Waals surface area contributed by atoms with E-state index in [9.17, 15) is 4.79 Å². The van der Waals surface area contributed by atoms with Crippen LogP contribution in [0, 0.1) is 6.92 Å². The van der Waals surface area contributed by atoms with E-state index in [1.54, 1.807) is 0 Å². The van der Waals surface area contributed by atoms with Gasteiger partial charge in [0.1, 0.15) is 17.1 Å². The summed E-state index contributed by atoms with van der Waals surface area (Å²) in [5.41, 5.74) is 7.17. The van der Waals surface area contributed by atoms with Crippen LogP contribution in [0.5, 0.6) is 11.5 Å². The largest absolute Gasteiger partial charge is 0.494 e. The van der Waals surface area contributed by atoms with Crippen molar-refractivity contribution < 1.29 is 13.9 Å². The Hall–Kier alpha value is -4.31. The molecule has 4 nitrogen and oxygen atoms in total. The molecule has 0 bridgehead atoms. The highest BCUT2D eigenvalue weighted by Crippen LogP contribution is 2.32. The van der Waals surface area contributed by atoms with Crippen LogP contribution in [0.4, 0.5) is 0 Å². The summed E-state index contributed by atoms with van der Waals surface area (Å²) in [6, 6.07) is 31.0.